The number of hydrogen-bond acceptors (Lipinski definition) is 5. The van der Waals surface area contributed by atoms with Crippen molar-refractivity contribution in [1.29, 1.82) is 0 Å². The summed E-state index contributed by atoms with van der Waals surface area (Å²) in [6.07, 6.45) is 0. The molecule has 5 rings (SSSR count). The minimum Gasteiger partial charge on any atom is -0.486 e. The van der Waals surface area contributed by atoms with E-state index >= 15 is 0 Å². The van der Waals surface area contributed by atoms with E-state index < -0.39 is 0 Å². The average molecular weight is 386 g/mol. The first-order valence-corrected chi connectivity index (χ1v) is 9.34. The average Bonchev–Trinajstić information content (AvgIpc) is 3.17. The van der Waals surface area contributed by atoms with Gasteiger partial charge in [0, 0.05) is 16.8 Å². The maximum atomic E-state index is 12.6. The number of carbonyl (C=O) groups is 1. The Morgan fingerprint density at radius 2 is 1.72 bits per heavy atom. The second-order valence-electron chi connectivity index (χ2n) is 6.88. The molecule has 0 fully saturated rings. The largest absolute Gasteiger partial charge is 0.486 e. The third-order valence-electron chi connectivity index (χ3n) is 4.74. The topological polar surface area (TPSA) is 73.6 Å². The van der Waals surface area contributed by atoms with E-state index in [-0.39, 0.29) is 5.91 Å². The van der Waals surface area contributed by atoms with Gasteiger partial charge in [0.2, 0.25) is 5.89 Å². The number of benzene rings is 3. The molecule has 0 saturated heterocycles. The summed E-state index contributed by atoms with van der Waals surface area (Å²) in [5.41, 5.74) is 4.74. The Bertz CT molecular complexity index is 1210. The molecule has 144 valence electrons. The highest BCUT2D eigenvalue weighted by atomic mass is 16.6. The SMILES string of the molecule is Cc1ccc2nc(-c3ccc(NC(=O)c4ccc5c(c4)OCCO5)cc3)oc2c1. The molecule has 6 heteroatoms. The molecule has 0 atom stereocenters. The summed E-state index contributed by atoms with van der Waals surface area (Å²) in [6, 6.07) is 18.5. The number of nitrogens with zero attached hydrogens (tertiary/aromatic N) is 1. The number of rotatable bonds is 3. The molecule has 3 aromatic carbocycles. The Morgan fingerprint density at radius 1 is 0.931 bits per heavy atom. The van der Waals surface area contributed by atoms with Crippen LogP contribution in [0.4, 0.5) is 5.69 Å². The van der Waals surface area contributed by atoms with Crippen LogP contribution in [-0.4, -0.2) is 24.1 Å². The number of fused-ring (bicyclic) bond motifs is 2. The number of amides is 1. The van der Waals surface area contributed by atoms with Gasteiger partial charge in [-0.05, 0) is 67.1 Å². The van der Waals surface area contributed by atoms with Gasteiger partial charge >= 0.3 is 0 Å². The van der Waals surface area contributed by atoms with E-state index in [0.717, 1.165) is 22.2 Å². The van der Waals surface area contributed by atoms with Crippen LogP contribution in [-0.2, 0) is 0 Å². The molecule has 1 N–H and O–H groups in total. The maximum Gasteiger partial charge on any atom is 0.255 e. The van der Waals surface area contributed by atoms with Gasteiger partial charge in [-0.3, -0.25) is 4.79 Å². The van der Waals surface area contributed by atoms with Crippen LogP contribution in [0.25, 0.3) is 22.6 Å². The van der Waals surface area contributed by atoms with Crippen LogP contribution in [0.5, 0.6) is 11.5 Å². The van der Waals surface area contributed by atoms with Crippen LogP contribution in [0.2, 0.25) is 0 Å². The predicted molar refractivity (Wildman–Crippen MR) is 110 cm³/mol. The zero-order valence-electron chi connectivity index (χ0n) is 15.8. The molecule has 0 aliphatic carbocycles. The van der Waals surface area contributed by atoms with Gasteiger partial charge in [0.15, 0.2) is 17.1 Å². The zero-order chi connectivity index (χ0) is 19.8. The number of aryl methyl sites for hydroxylation is 1. The number of hydrogen-bond donors (Lipinski definition) is 1. The molecule has 1 aliphatic rings. The lowest BCUT2D eigenvalue weighted by Gasteiger charge is -2.18. The summed E-state index contributed by atoms with van der Waals surface area (Å²) in [5.74, 6) is 1.58. The van der Waals surface area contributed by atoms with Crippen molar-refractivity contribution < 1.29 is 18.7 Å². The molecular weight excluding hydrogens is 368 g/mol. The van der Waals surface area contributed by atoms with Crippen molar-refractivity contribution in [2.45, 2.75) is 6.92 Å². The molecule has 1 aliphatic heterocycles. The van der Waals surface area contributed by atoms with E-state index in [4.69, 9.17) is 13.9 Å². The van der Waals surface area contributed by atoms with Crippen LogP contribution in [0, 0.1) is 6.92 Å². The standard InChI is InChI=1S/C23H18N2O4/c1-14-2-8-18-20(12-14)29-23(25-18)15-3-6-17(7-4-15)24-22(26)16-5-9-19-21(13-16)28-11-10-27-19/h2-9,12-13H,10-11H2,1H3,(H,24,26). The number of nitrogens with one attached hydrogen (secondary N) is 1. The molecule has 0 spiro atoms. The van der Waals surface area contributed by atoms with Crippen molar-refractivity contribution in [1.82, 2.24) is 4.98 Å². The van der Waals surface area contributed by atoms with Crippen molar-refractivity contribution >= 4 is 22.7 Å². The van der Waals surface area contributed by atoms with Crippen molar-refractivity contribution in [2.75, 3.05) is 18.5 Å². The summed E-state index contributed by atoms with van der Waals surface area (Å²) in [6.45, 7) is 3.01. The predicted octanol–water partition coefficient (Wildman–Crippen LogP) is 4.83. The summed E-state index contributed by atoms with van der Waals surface area (Å²) in [5, 5.41) is 2.89. The molecular formula is C23H18N2O4. The molecule has 0 bridgehead atoms. The fourth-order valence-electron chi connectivity index (χ4n) is 3.24. The lowest BCUT2D eigenvalue weighted by molar-refractivity contribution is 0.102. The molecule has 2 heterocycles. The highest BCUT2D eigenvalue weighted by Crippen LogP contribution is 2.31. The maximum absolute atomic E-state index is 12.6. The normalized spacial score (nSPS) is 12.7. The molecule has 29 heavy (non-hydrogen) atoms. The second kappa shape index (κ2) is 6.98. The highest BCUT2D eigenvalue weighted by molar-refractivity contribution is 6.04. The van der Waals surface area contributed by atoms with Gasteiger partial charge in [0.25, 0.3) is 5.91 Å². The number of oxazole rings is 1. The van der Waals surface area contributed by atoms with Gasteiger partial charge in [-0.1, -0.05) is 6.07 Å². The van der Waals surface area contributed by atoms with Crippen molar-refractivity contribution in [3.05, 3.63) is 71.8 Å². The molecule has 0 radical (unpaired) electrons. The van der Waals surface area contributed by atoms with Crippen molar-refractivity contribution in [2.24, 2.45) is 0 Å². The van der Waals surface area contributed by atoms with Gasteiger partial charge in [0.1, 0.15) is 18.7 Å². The lowest BCUT2D eigenvalue weighted by atomic mass is 10.1. The molecule has 0 saturated carbocycles. The first-order chi connectivity index (χ1) is 14.2. The summed E-state index contributed by atoms with van der Waals surface area (Å²) in [7, 11) is 0. The molecule has 6 nitrogen and oxygen atoms in total. The number of aromatic nitrogens is 1. The Hall–Kier alpha value is -3.80. The third-order valence-corrected chi connectivity index (χ3v) is 4.74. The quantitative estimate of drug-likeness (QED) is 0.546. The smallest absolute Gasteiger partial charge is 0.255 e. The molecule has 1 amide bonds. The van der Waals surface area contributed by atoms with E-state index in [1.807, 2.05) is 49.4 Å². The van der Waals surface area contributed by atoms with Crippen LogP contribution in [0.3, 0.4) is 0 Å². The Kier molecular flexibility index (Phi) is 4.17. The fourth-order valence-corrected chi connectivity index (χ4v) is 3.24. The van der Waals surface area contributed by atoms with E-state index in [9.17, 15) is 4.79 Å². The van der Waals surface area contributed by atoms with Crippen molar-refractivity contribution in [3.8, 4) is 23.0 Å². The van der Waals surface area contributed by atoms with Crippen LogP contribution in [0.1, 0.15) is 15.9 Å². The van der Waals surface area contributed by atoms with Crippen LogP contribution in [0.15, 0.2) is 65.1 Å². The number of ether oxygens (including phenoxy) is 2. The van der Waals surface area contributed by atoms with Gasteiger partial charge in [0.05, 0.1) is 0 Å². The van der Waals surface area contributed by atoms with E-state index in [1.165, 1.54) is 0 Å². The lowest BCUT2D eigenvalue weighted by Crippen LogP contribution is -2.17. The first-order valence-electron chi connectivity index (χ1n) is 9.34. The fraction of sp³-hybridized carbons (Fsp3) is 0.130. The van der Waals surface area contributed by atoms with Gasteiger partial charge in [-0.25, -0.2) is 4.98 Å². The summed E-state index contributed by atoms with van der Waals surface area (Å²) < 4.78 is 16.9. The Balaban J connectivity index is 1.34. The minimum atomic E-state index is -0.216. The highest BCUT2D eigenvalue weighted by Gasteiger charge is 2.15. The monoisotopic (exact) mass is 386 g/mol. The molecule has 1 aromatic heterocycles. The van der Waals surface area contributed by atoms with E-state index in [1.54, 1.807) is 18.2 Å². The van der Waals surface area contributed by atoms with Crippen LogP contribution >= 0.6 is 0 Å². The zero-order valence-corrected chi connectivity index (χ0v) is 15.8. The molecule has 0 unspecified atom stereocenters. The van der Waals surface area contributed by atoms with E-state index in [0.29, 0.717) is 41.9 Å². The second-order valence-corrected chi connectivity index (χ2v) is 6.88. The first kappa shape index (κ1) is 17.3. The Labute approximate surface area is 167 Å². The number of anilines is 1. The minimum absolute atomic E-state index is 0.216. The van der Waals surface area contributed by atoms with Crippen molar-refractivity contribution in [3.63, 3.8) is 0 Å². The summed E-state index contributed by atoms with van der Waals surface area (Å²) >= 11 is 0. The van der Waals surface area contributed by atoms with E-state index in [2.05, 4.69) is 10.3 Å². The molecule has 4 aromatic rings. The van der Waals surface area contributed by atoms with Crippen LogP contribution < -0.4 is 14.8 Å². The van der Waals surface area contributed by atoms with Gasteiger partial charge in [-0.15, -0.1) is 0 Å². The third kappa shape index (κ3) is 3.40. The Morgan fingerprint density at radius 3 is 2.55 bits per heavy atom. The number of carbonyl (C=O) groups excluding carboxylic acids is 1. The van der Waals surface area contributed by atoms with Gasteiger partial charge in [-0.2, -0.15) is 0 Å². The summed E-state index contributed by atoms with van der Waals surface area (Å²) in [4.78, 5) is 17.1. The van der Waals surface area contributed by atoms with Gasteiger partial charge < -0.3 is 19.2 Å².